The van der Waals surface area contributed by atoms with Gasteiger partial charge in [0.15, 0.2) is 5.96 Å². The van der Waals surface area contributed by atoms with Crippen LogP contribution in [-0.4, -0.2) is 60.9 Å². The minimum absolute atomic E-state index is 0.103. The third kappa shape index (κ3) is 7.80. The van der Waals surface area contributed by atoms with Gasteiger partial charge in [0.1, 0.15) is 24.3 Å². The number of benzene rings is 2. The molecule has 1 aliphatic rings. The van der Waals surface area contributed by atoms with E-state index in [-0.39, 0.29) is 19.0 Å². The molecule has 174 valence electrons. The van der Waals surface area contributed by atoms with Crippen molar-refractivity contribution in [2.75, 3.05) is 32.8 Å². The van der Waals surface area contributed by atoms with Crippen LogP contribution in [0, 0.1) is 12.7 Å². The third-order valence-corrected chi connectivity index (χ3v) is 5.64. The summed E-state index contributed by atoms with van der Waals surface area (Å²) in [5.41, 5.74) is 2.74. The molecule has 2 aromatic rings. The summed E-state index contributed by atoms with van der Waals surface area (Å²) in [5.74, 6) is 0.924. The van der Waals surface area contributed by atoms with Crippen LogP contribution in [0.4, 0.5) is 4.39 Å². The van der Waals surface area contributed by atoms with Crippen LogP contribution in [0.3, 0.4) is 0 Å². The van der Waals surface area contributed by atoms with Gasteiger partial charge in [-0.2, -0.15) is 0 Å². The molecule has 7 heteroatoms. The third-order valence-electron chi connectivity index (χ3n) is 5.64. The molecule has 1 fully saturated rings. The number of rotatable bonds is 9. The maximum atomic E-state index is 13.0. The number of hydrogen-bond donors (Lipinski definition) is 3. The lowest BCUT2D eigenvalue weighted by Crippen LogP contribution is -2.48. The van der Waals surface area contributed by atoms with Gasteiger partial charge in [-0.05, 0) is 62.1 Å². The second-order valence-electron chi connectivity index (χ2n) is 8.26. The lowest BCUT2D eigenvalue weighted by molar-refractivity contribution is 0.114. The molecule has 32 heavy (non-hydrogen) atoms. The highest BCUT2D eigenvalue weighted by molar-refractivity contribution is 5.80. The van der Waals surface area contributed by atoms with Gasteiger partial charge in [0, 0.05) is 32.2 Å². The minimum atomic E-state index is -0.744. The van der Waals surface area contributed by atoms with E-state index in [0.29, 0.717) is 17.8 Å². The SMILES string of the molecule is CCNC(=NCC(O)COc1ccc(F)cc1)NC1CCN(Cc2ccccc2C)CC1. The number of aliphatic hydroxyl groups excluding tert-OH is 1. The molecule has 1 heterocycles. The Balaban J connectivity index is 1.42. The largest absolute Gasteiger partial charge is 0.491 e. The molecule has 2 aromatic carbocycles. The average molecular weight is 443 g/mol. The number of hydrogen-bond acceptors (Lipinski definition) is 4. The summed E-state index contributed by atoms with van der Waals surface area (Å²) in [6.07, 6.45) is 1.35. The zero-order valence-corrected chi connectivity index (χ0v) is 19.1. The molecule has 0 spiro atoms. The van der Waals surface area contributed by atoms with Gasteiger partial charge in [-0.1, -0.05) is 24.3 Å². The first-order chi connectivity index (χ1) is 15.5. The number of nitrogens with zero attached hydrogens (tertiary/aromatic N) is 2. The van der Waals surface area contributed by atoms with Crippen molar-refractivity contribution in [2.24, 2.45) is 4.99 Å². The molecule has 0 bridgehead atoms. The predicted molar refractivity (Wildman–Crippen MR) is 126 cm³/mol. The minimum Gasteiger partial charge on any atom is -0.491 e. The highest BCUT2D eigenvalue weighted by Crippen LogP contribution is 2.16. The molecule has 6 nitrogen and oxygen atoms in total. The molecular formula is C25H35FN4O2. The molecule has 1 unspecified atom stereocenters. The molecule has 0 saturated carbocycles. The summed E-state index contributed by atoms with van der Waals surface area (Å²) in [7, 11) is 0. The molecule has 0 aromatic heterocycles. The van der Waals surface area contributed by atoms with Gasteiger partial charge in [-0.3, -0.25) is 9.89 Å². The fraction of sp³-hybridized carbons (Fsp3) is 0.480. The summed E-state index contributed by atoms with van der Waals surface area (Å²) >= 11 is 0. The Kier molecular flexibility index (Phi) is 9.31. The topological polar surface area (TPSA) is 69.1 Å². The van der Waals surface area contributed by atoms with Gasteiger partial charge in [0.25, 0.3) is 0 Å². The number of guanidine groups is 1. The van der Waals surface area contributed by atoms with Gasteiger partial charge in [-0.25, -0.2) is 4.39 Å². The molecule has 3 N–H and O–H groups in total. The van der Waals surface area contributed by atoms with Crippen molar-refractivity contribution in [3.8, 4) is 5.75 Å². The second-order valence-corrected chi connectivity index (χ2v) is 8.26. The van der Waals surface area contributed by atoms with Crippen molar-refractivity contribution in [1.82, 2.24) is 15.5 Å². The standard InChI is InChI=1S/C25H35FN4O2/c1-3-27-25(28-16-23(31)18-32-24-10-8-21(26)9-11-24)29-22-12-14-30(15-13-22)17-20-7-5-4-6-19(20)2/h4-11,22-23,31H,3,12-18H2,1-2H3,(H2,27,28,29). The Hall–Kier alpha value is -2.64. The van der Waals surface area contributed by atoms with E-state index in [1.807, 2.05) is 6.92 Å². The molecular weight excluding hydrogens is 407 g/mol. The van der Waals surface area contributed by atoms with E-state index in [2.05, 4.69) is 51.7 Å². The van der Waals surface area contributed by atoms with E-state index < -0.39 is 6.10 Å². The number of likely N-dealkylation sites (tertiary alicyclic amines) is 1. The summed E-state index contributed by atoms with van der Waals surface area (Å²) in [5, 5.41) is 17.0. The summed E-state index contributed by atoms with van der Waals surface area (Å²) in [6.45, 7) is 8.35. The highest BCUT2D eigenvalue weighted by atomic mass is 19.1. The Morgan fingerprint density at radius 3 is 2.59 bits per heavy atom. The number of halogens is 1. The summed E-state index contributed by atoms with van der Waals surface area (Å²) in [4.78, 5) is 7.02. The first kappa shape index (κ1) is 24.0. The van der Waals surface area contributed by atoms with Crippen molar-refractivity contribution < 1.29 is 14.2 Å². The number of aliphatic hydroxyl groups is 1. The van der Waals surface area contributed by atoms with E-state index in [4.69, 9.17) is 4.74 Å². The zero-order valence-electron chi connectivity index (χ0n) is 19.1. The Morgan fingerprint density at radius 1 is 1.19 bits per heavy atom. The average Bonchev–Trinajstić information content (AvgIpc) is 2.80. The molecule has 0 amide bonds. The van der Waals surface area contributed by atoms with Gasteiger partial charge in [0.05, 0.1) is 6.54 Å². The van der Waals surface area contributed by atoms with Gasteiger partial charge in [0.2, 0.25) is 0 Å². The molecule has 1 atom stereocenters. The smallest absolute Gasteiger partial charge is 0.191 e. The van der Waals surface area contributed by atoms with Crippen LogP contribution in [0.15, 0.2) is 53.5 Å². The summed E-state index contributed by atoms with van der Waals surface area (Å²) in [6, 6.07) is 14.7. The lowest BCUT2D eigenvalue weighted by Gasteiger charge is -2.33. The molecule has 1 saturated heterocycles. The van der Waals surface area contributed by atoms with Crippen LogP contribution in [0.25, 0.3) is 0 Å². The van der Waals surface area contributed by atoms with Crippen molar-refractivity contribution in [1.29, 1.82) is 0 Å². The Bertz CT molecular complexity index is 851. The van der Waals surface area contributed by atoms with Crippen molar-refractivity contribution in [2.45, 2.75) is 45.4 Å². The molecule has 0 radical (unpaired) electrons. The predicted octanol–water partition coefficient (Wildman–Crippen LogP) is 3.09. The first-order valence-corrected chi connectivity index (χ1v) is 11.4. The number of nitrogens with one attached hydrogen (secondary N) is 2. The maximum absolute atomic E-state index is 13.0. The van der Waals surface area contributed by atoms with Crippen molar-refractivity contribution in [3.05, 3.63) is 65.5 Å². The lowest BCUT2D eigenvalue weighted by atomic mass is 10.0. The molecule has 3 rings (SSSR count). The van der Waals surface area contributed by atoms with Crippen LogP contribution in [0.5, 0.6) is 5.75 Å². The number of piperidine rings is 1. The normalized spacial score (nSPS) is 16.6. The Labute approximate surface area is 190 Å². The van der Waals surface area contributed by atoms with Crippen LogP contribution in [-0.2, 0) is 6.54 Å². The second kappa shape index (κ2) is 12.4. The van der Waals surface area contributed by atoms with Crippen molar-refractivity contribution in [3.63, 3.8) is 0 Å². The summed E-state index contributed by atoms with van der Waals surface area (Å²) < 4.78 is 18.5. The zero-order chi connectivity index (χ0) is 22.8. The quantitative estimate of drug-likeness (QED) is 0.411. The monoisotopic (exact) mass is 442 g/mol. The van der Waals surface area contributed by atoms with E-state index in [1.54, 1.807) is 12.1 Å². The number of ether oxygens (including phenoxy) is 1. The molecule has 0 aliphatic carbocycles. The van der Waals surface area contributed by atoms with Gasteiger partial charge >= 0.3 is 0 Å². The maximum Gasteiger partial charge on any atom is 0.191 e. The van der Waals surface area contributed by atoms with E-state index >= 15 is 0 Å². The van der Waals surface area contributed by atoms with Crippen LogP contribution >= 0.6 is 0 Å². The van der Waals surface area contributed by atoms with E-state index in [1.165, 1.54) is 23.3 Å². The van der Waals surface area contributed by atoms with Gasteiger partial charge in [-0.15, -0.1) is 0 Å². The van der Waals surface area contributed by atoms with Crippen molar-refractivity contribution >= 4 is 5.96 Å². The number of aliphatic imine (C=N–C) groups is 1. The fourth-order valence-electron chi connectivity index (χ4n) is 3.75. The molecule has 1 aliphatic heterocycles. The highest BCUT2D eigenvalue weighted by Gasteiger charge is 2.20. The van der Waals surface area contributed by atoms with Gasteiger partial charge < -0.3 is 20.5 Å². The van der Waals surface area contributed by atoms with Crippen LogP contribution in [0.1, 0.15) is 30.9 Å². The number of aryl methyl sites for hydroxylation is 1. The van der Waals surface area contributed by atoms with Crippen LogP contribution in [0.2, 0.25) is 0 Å². The first-order valence-electron chi connectivity index (χ1n) is 11.4. The fourth-order valence-corrected chi connectivity index (χ4v) is 3.75. The van der Waals surface area contributed by atoms with E-state index in [0.717, 1.165) is 39.0 Å². The Morgan fingerprint density at radius 2 is 1.91 bits per heavy atom. The van der Waals surface area contributed by atoms with Crippen LogP contribution < -0.4 is 15.4 Å². The van der Waals surface area contributed by atoms with E-state index in [9.17, 15) is 9.50 Å².